The van der Waals surface area contributed by atoms with Gasteiger partial charge in [0.2, 0.25) is 5.91 Å². The standard InChI is InChI=1S/C28H36N4O3/c1-20-10-14-31(15-11-20)27(34)22-6-8-24(9-7-22)29-19-26(33)30-25-5-3-4-23(18-25)28(35)32-16-12-21(2)13-17-32/h3-9,18,20-21,29H,10-17,19H2,1-2H3,(H,30,33). The Hall–Kier alpha value is -3.35. The van der Waals surface area contributed by atoms with Gasteiger partial charge in [0, 0.05) is 48.7 Å². The summed E-state index contributed by atoms with van der Waals surface area (Å²) in [5, 5.41) is 5.96. The highest BCUT2D eigenvalue weighted by Gasteiger charge is 2.22. The summed E-state index contributed by atoms with van der Waals surface area (Å²) in [7, 11) is 0. The van der Waals surface area contributed by atoms with Crippen molar-refractivity contribution in [2.24, 2.45) is 11.8 Å². The molecule has 0 radical (unpaired) electrons. The van der Waals surface area contributed by atoms with E-state index >= 15 is 0 Å². The lowest BCUT2D eigenvalue weighted by molar-refractivity contribution is -0.114. The van der Waals surface area contributed by atoms with E-state index in [4.69, 9.17) is 0 Å². The molecule has 186 valence electrons. The quantitative estimate of drug-likeness (QED) is 0.644. The van der Waals surface area contributed by atoms with Crippen molar-refractivity contribution in [2.45, 2.75) is 39.5 Å². The van der Waals surface area contributed by atoms with Gasteiger partial charge < -0.3 is 20.4 Å². The second-order valence-electron chi connectivity index (χ2n) is 10.0. The molecule has 2 aromatic rings. The molecule has 7 heteroatoms. The number of benzene rings is 2. The van der Waals surface area contributed by atoms with Gasteiger partial charge in [0.25, 0.3) is 11.8 Å². The van der Waals surface area contributed by atoms with Gasteiger partial charge in [-0.25, -0.2) is 0 Å². The molecule has 4 rings (SSSR count). The van der Waals surface area contributed by atoms with Gasteiger partial charge in [-0.05, 0) is 80.0 Å². The van der Waals surface area contributed by atoms with Crippen molar-refractivity contribution in [1.82, 2.24) is 9.80 Å². The average molecular weight is 477 g/mol. The van der Waals surface area contributed by atoms with Gasteiger partial charge in [0.15, 0.2) is 0 Å². The first kappa shape index (κ1) is 24.8. The molecule has 0 bridgehead atoms. The van der Waals surface area contributed by atoms with Crippen LogP contribution in [0.25, 0.3) is 0 Å². The number of piperidine rings is 2. The van der Waals surface area contributed by atoms with Crippen molar-refractivity contribution in [3.63, 3.8) is 0 Å². The lowest BCUT2D eigenvalue weighted by Gasteiger charge is -2.30. The van der Waals surface area contributed by atoms with Crippen LogP contribution >= 0.6 is 0 Å². The topological polar surface area (TPSA) is 81.8 Å². The van der Waals surface area contributed by atoms with Crippen LogP contribution in [0.3, 0.4) is 0 Å². The van der Waals surface area contributed by atoms with E-state index in [-0.39, 0.29) is 24.3 Å². The Morgan fingerprint density at radius 3 is 1.86 bits per heavy atom. The molecular formula is C28H36N4O3. The van der Waals surface area contributed by atoms with Crippen LogP contribution in [-0.4, -0.2) is 60.2 Å². The molecule has 0 atom stereocenters. The first-order valence-corrected chi connectivity index (χ1v) is 12.7. The van der Waals surface area contributed by atoms with E-state index in [0.29, 0.717) is 28.7 Å². The Balaban J connectivity index is 1.26. The Bertz CT molecular complexity index is 1040. The molecule has 2 heterocycles. The van der Waals surface area contributed by atoms with Gasteiger partial charge in [0.1, 0.15) is 0 Å². The third-order valence-electron chi connectivity index (χ3n) is 7.12. The SMILES string of the molecule is CC1CCN(C(=O)c2ccc(NCC(=O)Nc3cccc(C(=O)N4CCC(C)CC4)c3)cc2)CC1. The second kappa shape index (κ2) is 11.4. The maximum absolute atomic E-state index is 12.8. The number of hydrogen-bond acceptors (Lipinski definition) is 4. The predicted octanol–water partition coefficient (Wildman–Crippen LogP) is 4.48. The summed E-state index contributed by atoms with van der Waals surface area (Å²) in [6.07, 6.45) is 4.16. The van der Waals surface area contributed by atoms with Crippen molar-refractivity contribution in [3.05, 3.63) is 59.7 Å². The number of nitrogens with zero attached hydrogens (tertiary/aromatic N) is 2. The number of hydrogen-bond donors (Lipinski definition) is 2. The number of anilines is 2. The van der Waals surface area contributed by atoms with E-state index in [1.165, 1.54) is 0 Å². The number of likely N-dealkylation sites (tertiary alicyclic amines) is 2. The highest BCUT2D eigenvalue weighted by atomic mass is 16.2. The zero-order chi connectivity index (χ0) is 24.8. The van der Waals surface area contributed by atoms with Crippen molar-refractivity contribution in [3.8, 4) is 0 Å². The van der Waals surface area contributed by atoms with Crippen LogP contribution in [0.15, 0.2) is 48.5 Å². The van der Waals surface area contributed by atoms with Crippen LogP contribution in [0.1, 0.15) is 60.2 Å². The summed E-state index contributed by atoms with van der Waals surface area (Å²) < 4.78 is 0. The minimum Gasteiger partial charge on any atom is -0.376 e. The van der Waals surface area contributed by atoms with Crippen molar-refractivity contribution in [2.75, 3.05) is 43.4 Å². The third-order valence-corrected chi connectivity index (χ3v) is 7.12. The highest BCUT2D eigenvalue weighted by molar-refractivity contribution is 5.98. The van der Waals surface area contributed by atoms with Crippen LogP contribution in [0, 0.1) is 11.8 Å². The molecular weight excluding hydrogens is 440 g/mol. The Kier molecular flexibility index (Phi) is 8.06. The predicted molar refractivity (Wildman–Crippen MR) is 139 cm³/mol. The van der Waals surface area contributed by atoms with Crippen LogP contribution in [0.2, 0.25) is 0 Å². The third kappa shape index (κ3) is 6.62. The molecule has 2 saturated heterocycles. The average Bonchev–Trinajstić information content (AvgIpc) is 2.88. The Labute approximate surface area is 207 Å². The number of carbonyl (C=O) groups excluding carboxylic acids is 3. The molecule has 0 aromatic heterocycles. The van der Waals surface area contributed by atoms with Gasteiger partial charge in [-0.15, -0.1) is 0 Å². The fourth-order valence-corrected chi connectivity index (χ4v) is 4.64. The summed E-state index contributed by atoms with van der Waals surface area (Å²) >= 11 is 0. The number of amides is 3. The van der Waals surface area contributed by atoms with Gasteiger partial charge in [-0.1, -0.05) is 19.9 Å². The van der Waals surface area contributed by atoms with E-state index in [1.807, 2.05) is 21.9 Å². The summed E-state index contributed by atoms with van der Waals surface area (Å²) in [4.78, 5) is 41.8. The molecule has 35 heavy (non-hydrogen) atoms. The molecule has 2 aromatic carbocycles. The first-order valence-electron chi connectivity index (χ1n) is 12.7. The maximum Gasteiger partial charge on any atom is 0.253 e. The number of nitrogens with one attached hydrogen (secondary N) is 2. The molecule has 0 saturated carbocycles. The lowest BCUT2D eigenvalue weighted by Crippen LogP contribution is -2.37. The Morgan fingerprint density at radius 2 is 1.29 bits per heavy atom. The molecule has 0 aliphatic carbocycles. The molecule has 3 amide bonds. The van der Waals surface area contributed by atoms with Crippen LogP contribution in [-0.2, 0) is 4.79 Å². The van der Waals surface area contributed by atoms with Crippen molar-refractivity contribution in [1.29, 1.82) is 0 Å². The minimum atomic E-state index is -0.205. The van der Waals surface area contributed by atoms with Gasteiger partial charge >= 0.3 is 0 Å². The van der Waals surface area contributed by atoms with Crippen molar-refractivity contribution < 1.29 is 14.4 Å². The van der Waals surface area contributed by atoms with E-state index in [9.17, 15) is 14.4 Å². The largest absolute Gasteiger partial charge is 0.376 e. The molecule has 0 unspecified atom stereocenters. The molecule has 2 aliphatic heterocycles. The van der Waals surface area contributed by atoms with Crippen LogP contribution < -0.4 is 10.6 Å². The molecule has 7 nitrogen and oxygen atoms in total. The summed E-state index contributed by atoms with van der Waals surface area (Å²) in [5.41, 5.74) is 2.63. The van der Waals surface area contributed by atoms with Crippen LogP contribution in [0.4, 0.5) is 11.4 Å². The second-order valence-corrected chi connectivity index (χ2v) is 10.0. The van der Waals surface area contributed by atoms with E-state index in [1.54, 1.807) is 36.4 Å². The number of rotatable bonds is 6. The Morgan fingerprint density at radius 1 is 0.743 bits per heavy atom. The number of carbonyl (C=O) groups is 3. The fourth-order valence-electron chi connectivity index (χ4n) is 4.64. The maximum atomic E-state index is 12.8. The first-order chi connectivity index (χ1) is 16.9. The lowest BCUT2D eigenvalue weighted by atomic mass is 9.98. The highest BCUT2D eigenvalue weighted by Crippen LogP contribution is 2.21. The molecule has 2 aliphatic rings. The van der Waals surface area contributed by atoms with Gasteiger partial charge in [0.05, 0.1) is 6.54 Å². The van der Waals surface area contributed by atoms with Crippen LogP contribution in [0.5, 0.6) is 0 Å². The van der Waals surface area contributed by atoms with Gasteiger partial charge in [-0.2, -0.15) is 0 Å². The van der Waals surface area contributed by atoms with E-state index in [2.05, 4.69) is 24.5 Å². The van der Waals surface area contributed by atoms with E-state index < -0.39 is 0 Å². The summed E-state index contributed by atoms with van der Waals surface area (Å²) in [6.45, 7) is 7.71. The van der Waals surface area contributed by atoms with Crippen molar-refractivity contribution >= 4 is 29.1 Å². The van der Waals surface area contributed by atoms with Gasteiger partial charge in [-0.3, -0.25) is 14.4 Å². The van der Waals surface area contributed by atoms with E-state index in [0.717, 1.165) is 57.5 Å². The summed E-state index contributed by atoms with van der Waals surface area (Å²) in [6, 6.07) is 14.4. The zero-order valence-corrected chi connectivity index (χ0v) is 20.8. The molecule has 2 N–H and O–H groups in total. The molecule has 0 spiro atoms. The molecule has 2 fully saturated rings. The minimum absolute atomic E-state index is 0.0137. The fraction of sp³-hybridized carbons (Fsp3) is 0.464. The normalized spacial score (nSPS) is 17.2. The smallest absolute Gasteiger partial charge is 0.253 e. The zero-order valence-electron chi connectivity index (χ0n) is 20.8. The monoisotopic (exact) mass is 476 g/mol. The summed E-state index contributed by atoms with van der Waals surface area (Å²) in [5.74, 6) is 1.21.